The SMILES string of the molecule is CCP(CC)CCP(CCP(CC)CC)C1CCCCC1. The Morgan fingerprint density at radius 2 is 1.05 bits per heavy atom. The van der Waals surface area contributed by atoms with Gasteiger partial charge in [0.1, 0.15) is 0 Å². The normalized spacial score (nSPS) is 17.3. The van der Waals surface area contributed by atoms with E-state index in [-0.39, 0.29) is 0 Å². The molecule has 0 radical (unpaired) electrons. The highest BCUT2D eigenvalue weighted by molar-refractivity contribution is 7.63. The van der Waals surface area contributed by atoms with E-state index < -0.39 is 0 Å². The molecular weight excluding hydrogens is 309 g/mol. The molecule has 126 valence electrons. The molecule has 0 aliphatic heterocycles. The third kappa shape index (κ3) is 8.09. The van der Waals surface area contributed by atoms with Gasteiger partial charge in [0.2, 0.25) is 0 Å². The second-order valence-corrected chi connectivity index (χ2v) is 15.3. The van der Waals surface area contributed by atoms with E-state index in [1.54, 1.807) is 37.5 Å². The zero-order valence-corrected chi connectivity index (χ0v) is 17.8. The van der Waals surface area contributed by atoms with E-state index in [1.165, 1.54) is 43.9 Å². The van der Waals surface area contributed by atoms with Gasteiger partial charge in [0.25, 0.3) is 0 Å². The lowest BCUT2D eigenvalue weighted by atomic mass is 10.0. The maximum Gasteiger partial charge on any atom is -0.0209 e. The molecule has 1 rings (SSSR count). The lowest BCUT2D eigenvalue weighted by Crippen LogP contribution is -2.16. The smallest absolute Gasteiger partial charge is 0.0209 e. The fraction of sp³-hybridized carbons (Fsp3) is 1.00. The van der Waals surface area contributed by atoms with Gasteiger partial charge in [-0.3, -0.25) is 0 Å². The Labute approximate surface area is 138 Å². The molecule has 0 amide bonds. The van der Waals surface area contributed by atoms with Gasteiger partial charge in [0, 0.05) is 0 Å². The number of hydrogen-bond acceptors (Lipinski definition) is 0. The maximum atomic E-state index is 2.42. The zero-order chi connectivity index (χ0) is 15.5. The van der Waals surface area contributed by atoms with E-state index in [4.69, 9.17) is 0 Å². The molecule has 0 aromatic rings. The summed E-state index contributed by atoms with van der Waals surface area (Å²) in [5.74, 6) is 0. The van der Waals surface area contributed by atoms with Crippen LogP contribution in [-0.4, -0.2) is 55.0 Å². The fourth-order valence-corrected chi connectivity index (χ4v) is 12.1. The van der Waals surface area contributed by atoms with Gasteiger partial charge in [-0.1, -0.05) is 47.0 Å². The van der Waals surface area contributed by atoms with Crippen molar-refractivity contribution >= 4 is 23.8 Å². The Morgan fingerprint density at radius 1 is 0.619 bits per heavy atom. The minimum atomic E-state index is 0.366. The summed E-state index contributed by atoms with van der Waals surface area (Å²) in [5.41, 5.74) is 1.16. The van der Waals surface area contributed by atoms with Crippen molar-refractivity contribution in [1.82, 2.24) is 0 Å². The van der Waals surface area contributed by atoms with Gasteiger partial charge in [-0.15, -0.1) is 23.8 Å². The Morgan fingerprint density at radius 3 is 1.43 bits per heavy atom. The first-order valence-electron chi connectivity index (χ1n) is 9.43. The molecule has 0 atom stereocenters. The molecule has 1 fully saturated rings. The summed E-state index contributed by atoms with van der Waals surface area (Å²) in [6.07, 6.45) is 20.1. The lowest BCUT2D eigenvalue weighted by molar-refractivity contribution is 0.510. The van der Waals surface area contributed by atoms with Gasteiger partial charge < -0.3 is 0 Å². The molecular formula is C18H39P3. The summed E-state index contributed by atoms with van der Waals surface area (Å²) < 4.78 is 0. The largest absolute Gasteiger partial charge is 0.107 e. The number of rotatable bonds is 11. The van der Waals surface area contributed by atoms with Crippen LogP contribution in [0.4, 0.5) is 0 Å². The summed E-state index contributed by atoms with van der Waals surface area (Å²) in [4.78, 5) is 0. The molecule has 0 nitrogen and oxygen atoms in total. The Bertz CT molecular complexity index is 215. The van der Waals surface area contributed by atoms with Crippen LogP contribution in [0.15, 0.2) is 0 Å². The van der Waals surface area contributed by atoms with Crippen LogP contribution in [0.25, 0.3) is 0 Å². The molecule has 21 heavy (non-hydrogen) atoms. The van der Waals surface area contributed by atoms with Crippen molar-refractivity contribution in [2.24, 2.45) is 0 Å². The van der Waals surface area contributed by atoms with Gasteiger partial charge in [-0.2, -0.15) is 0 Å². The van der Waals surface area contributed by atoms with Gasteiger partial charge in [-0.25, -0.2) is 0 Å². The fourth-order valence-electron chi connectivity index (χ4n) is 3.54. The van der Waals surface area contributed by atoms with E-state index in [0.717, 1.165) is 5.66 Å². The van der Waals surface area contributed by atoms with Crippen molar-refractivity contribution in [3.05, 3.63) is 0 Å². The minimum Gasteiger partial charge on any atom is -0.107 e. The average molecular weight is 348 g/mol. The van der Waals surface area contributed by atoms with Crippen LogP contribution in [0.3, 0.4) is 0 Å². The molecule has 0 spiro atoms. The number of hydrogen-bond donors (Lipinski definition) is 0. The monoisotopic (exact) mass is 348 g/mol. The van der Waals surface area contributed by atoms with Crippen molar-refractivity contribution in [3.8, 4) is 0 Å². The summed E-state index contributed by atoms with van der Waals surface area (Å²) in [6.45, 7) is 9.69. The van der Waals surface area contributed by atoms with Crippen LogP contribution >= 0.6 is 23.8 Å². The molecule has 0 N–H and O–H groups in total. The predicted molar refractivity (Wildman–Crippen MR) is 109 cm³/mol. The third-order valence-electron chi connectivity index (χ3n) is 5.29. The summed E-state index contributed by atoms with van der Waals surface area (Å²) in [7, 11) is 1.12. The van der Waals surface area contributed by atoms with E-state index in [0.29, 0.717) is 23.8 Å². The maximum absolute atomic E-state index is 2.42. The van der Waals surface area contributed by atoms with E-state index in [2.05, 4.69) is 27.7 Å². The van der Waals surface area contributed by atoms with Crippen molar-refractivity contribution in [2.45, 2.75) is 65.5 Å². The first-order valence-corrected chi connectivity index (χ1v) is 15.0. The third-order valence-corrected chi connectivity index (χ3v) is 14.4. The first-order chi connectivity index (χ1) is 10.2. The van der Waals surface area contributed by atoms with Crippen molar-refractivity contribution in [3.63, 3.8) is 0 Å². The van der Waals surface area contributed by atoms with Gasteiger partial charge in [0.05, 0.1) is 0 Å². The molecule has 0 saturated heterocycles. The quantitative estimate of drug-likeness (QED) is 0.358. The Balaban J connectivity index is 2.47. The zero-order valence-electron chi connectivity index (χ0n) is 15.1. The van der Waals surface area contributed by atoms with Crippen LogP contribution < -0.4 is 0 Å². The van der Waals surface area contributed by atoms with Crippen LogP contribution in [0.2, 0.25) is 0 Å². The summed E-state index contributed by atoms with van der Waals surface area (Å²) in [6, 6.07) is 0. The first kappa shape index (κ1) is 20.3. The second kappa shape index (κ2) is 12.7. The van der Waals surface area contributed by atoms with E-state index in [1.807, 2.05) is 0 Å². The Kier molecular flexibility index (Phi) is 12.3. The van der Waals surface area contributed by atoms with Crippen molar-refractivity contribution in [2.75, 3.05) is 49.3 Å². The molecule has 3 heteroatoms. The average Bonchev–Trinajstić information content (AvgIpc) is 2.55. The van der Waals surface area contributed by atoms with Crippen LogP contribution in [0.5, 0.6) is 0 Å². The predicted octanol–water partition coefficient (Wildman–Crippen LogP) is 6.84. The van der Waals surface area contributed by atoms with Crippen LogP contribution in [-0.2, 0) is 0 Å². The molecule has 1 saturated carbocycles. The Hall–Kier alpha value is 1.29. The minimum absolute atomic E-state index is 0.366. The van der Waals surface area contributed by atoms with Gasteiger partial charge >= 0.3 is 0 Å². The molecule has 0 bridgehead atoms. The molecule has 0 unspecified atom stereocenters. The highest BCUT2D eigenvalue weighted by Crippen LogP contribution is 2.52. The van der Waals surface area contributed by atoms with Crippen molar-refractivity contribution < 1.29 is 0 Å². The highest BCUT2D eigenvalue weighted by Gasteiger charge is 2.24. The second-order valence-electron chi connectivity index (χ2n) is 6.38. The van der Waals surface area contributed by atoms with E-state index >= 15 is 0 Å². The summed E-state index contributed by atoms with van der Waals surface area (Å²) >= 11 is 0. The van der Waals surface area contributed by atoms with Crippen LogP contribution in [0, 0.1) is 0 Å². The molecule has 0 aromatic heterocycles. The topological polar surface area (TPSA) is 0 Å². The molecule has 0 heterocycles. The van der Waals surface area contributed by atoms with Gasteiger partial charge in [-0.05, 0) is 67.8 Å². The summed E-state index contributed by atoms with van der Waals surface area (Å²) in [5, 5.41) is 0. The van der Waals surface area contributed by atoms with Crippen LogP contribution in [0.1, 0.15) is 59.8 Å². The van der Waals surface area contributed by atoms with E-state index in [9.17, 15) is 0 Å². The van der Waals surface area contributed by atoms with Crippen molar-refractivity contribution in [1.29, 1.82) is 0 Å². The lowest BCUT2D eigenvalue weighted by Gasteiger charge is -2.33. The molecule has 1 aliphatic rings. The molecule has 0 aromatic carbocycles. The molecule has 1 aliphatic carbocycles. The highest BCUT2D eigenvalue weighted by atomic mass is 31.1. The van der Waals surface area contributed by atoms with Gasteiger partial charge in [0.15, 0.2) is 0 Å². The standard InChI is InChI=1S/C18H39P3/c1-5-19(6-2)14-16-21(17-15-20(7-3)8-4)18-12-10-9-11-13-18/h18H,5-17H2,1-4H3.